The Balaban J connectivity index is 1.70. The Bertz CT molecular complexity index is 950. The SMILES string of the molecule is COc1ccc(C)cc1NC(=O)CSc1nnnn1-c1cc(C)cc(C)c1. The molecule has 0 aliphatic carbocycles. The van der Waals surface area contributed by atoms with Gasteiger partial charge < -0.3 is 10.1 Å². The molecule has 0 spiro atoms. The van der Waals surface area contributed by atoms with E-state index in [1.807, 2.05) is 51.1 Å². The number of nitrogens with zero attached hydrogens (tertiary/aromatic N) is 4. The Morgan fingerprint density at radius 2 is 1.85 bits per heavy atom. The molecule has 140 valence electrons. The Morgan fingerprint density at radius 3 is 2.56 bits per heavy atom. The van der Waals surface area contributed by atoms with E-state index in [2.05, 4.69) is 26.9 Å². The van der Waals surface area contributed by atoms with E-state index in [-0.39, 0.29) is 11.7 Å². The van der Waals surface area contributed by atoms with Gasteiger partial charge in [0.2, 0.25) is 11.1 Å². The van der Waals surface area contributed by atoms with Crippen LogP contribution in [0.3, 0.4) is 0 Å². The highest BCUT2D eigenvalue weighted by molar-refractivity contribution is 7.99. The number of amides is 1. The predicted molar refractivity (Wildman–Crippen MR) is 106 cm³/mol. The maximum Gasteiger partial charge on any atom is 0.234 e. The molecule has 1 heterocycles. The minimum Gasteiger partial charge on any atom is -0.495 e. The van der Waals surface area contributed by atoms with Gasteiger partial charge in [-0.3, -0.25) is 4.79 Å². The number of nitrogens with one attached hydrogen (secondary N) is 1. The highest BCUT2D eigenvalue weighted by Gasteiger charge is 2.13. The fourth-order valence-corrected chi connectivity index (χ4v) is 3.43. The van der Waals surface area contributed by atoms with E-state index in [0.29, 0.717) is 16.6 Å². The number of tetrazole rings is 1. The summed E-state index contributed by atoms with van der Waals surface area (Å²) < 4.78 is 6.94. The van der Waals surface area contributed by atoms with Gasteiger partial charge in [0.25, 0.3) is 0 Å². The smallest absolute Gasteiger partial charge is 0.234 e. The molecule has 0 aliphatic heterocycles. The lowest BCUT2D eigenvalue weighted by Gasteiger charge is -2.11. The van der Waals surface area contributed by atoms with Gasteiger partial charge in [0.15, 0.2) is 0 Å². The van der Waals surface area contributed by atoms with Gasteiger partial charge >= 0.3 is 0 Å². The van der Waals surface area contributed by atoms with Gasteiger partial charge in [0.1, 0.15) is 5.75 Å². The molecule has 0 radical (unpaired) electrons. The summed E-state index contributed by atoms with van der Waals surface area (Å²) in [6, 6.07) is 11.7. The molecule has 3 rings (SSSR count). The van der Waals surface area contributed by atoms with Crippen molar-refractivity contribution in [2.45, 2.75) is 25.9 Å². The zero-order valence-corrected chi connectivity index (χ0v) is 16.5. The zero-order chi connectivity index (χ0) is 19.4. The summed E-state index contributed by atoms with van der Waals surface area (Å²) in [6.07, 6.45) is 0. The third-order valence-electron chi connectivity index (χ3n) is 3.85. The van der Waals surface area contributed by atoms with Gasteiger partial charge in [0.05, 0.1) is 24.2 Å². The molecule has 0 saturated carbocycles. The Labute approximate surface area is 162 Å². The third kappa shape index (κ3) is 4.65. The molecule has 0 aliphatic rings. The number of rotatable bonds is 6. The molecule has 7 nitrogen and oxygen atoms in total. The monoisotopic (exact) mass is 383 g/mol. The van der Waals surface area contributed by atoms with E-state index in [1.165, 1.54) is 11.8 Å². The second-order valence-corrected chi connectivity index (χ2v) is 7.20. The van der Waals surface area contributed by atoms with E-state index in [9.17, 15) is 4.79 Å². The minimum atomic E-state index is -0.154. The van der Waals surface area contributed by atoms with Gasteiger partial charge in [-0.2, -0.15) is 4.68 Å². The summed E-state index contributed by atoms with van der Waals surface area (Å²) in [5.74, 6) is 0.653. The number of ether oxygens (including phenoxy) is 1. The third-order valence-corrected chi connectivity index (χ3v) is 4.77. The van der Waals surface area contributed by atoms with Crippen molar-refractivity contribution in [1.29, 1.82) is 0 Å². The first kappa shape index (κ1) is 18.9. The first-order valence-electron chi connectivity index (χ1n) is 8.40. The molecule has 0 saturated heterocycles. The number of thioether (sulfide) groups is 1. The quantitative estimate of drug-likeness (QED) is 0.658. The molecular formula is C19H21N5O2S. The largest absolute Gasteiger partial charge is 0.495 e. The number of aromatic nitrogens is 4. The van der Waals surface area contributed by atoms with E-state index < -0.39 is 0 Å². The number of anilines is 1. The minimum absolute atomic E-state index is 0.154. The summed E-state index contributed by atoms with van der Waals surface area (Å²) in [6.45, 7) is 6.01. The number of carbonyl (C=O) groups is 1. The number of aryl methyl sites for hydroxylation is 3. The predicted octanol–water partition coefficient (Wildman–Crippen LogP) is 3.33. The fraction of sp³-hybridized carbons (Fsp3) is 0.263. The lowest BCUT2D eigenvalue weighted by Crippen LogP contribution is -2.15. The van der Waals surface area contributed by atoms with Gasteiger partial charge in [0, 0.05) is 0 Å². The maximum atomic E-state index is 12.4. The standard InChI is InChI=1S/C19H21N5O2S/c1-12-5-6-17(26-4)16(10-12)20-18(25)11-27-19-21-22-23-24(19)15-8-13(2)7-14(3)9-15/h5-10H,11H2,1-4H3,(H,20,25). The van der Waals surface area contributed by atoms with Crippen molar-refractivity contribution < 1.29 is 9.53 Å². The molecule has 1 N–H and O–H groups in total. The van der Waals surface area contributed by atoms with Crippen LogP contribution in [0.5, 0.6) is 5.75 Å². The van der Waals surface area contributed by atoms with Crippen LogP contribution >= 0.6 is 11.8 Å². The Hall–Kier alpha value is -2.87. The molecular weight excluding hydrogens is 362 g/mol. The molecule has 1 aromatic heterocycles. The first-order chi connectivity index (χ1) is 13.0. The summed E-state index contributed by atoms with van der Waals surface area (Å²) in [5.41, 5.74) is 4.82. The average Bonchev–Trinajstić information content (AvgIpc) is 3.08. The van der Waals surface area contributed by atoms with E-state index in [0.717, 1.165) is 22.4 Å². The summed E-state index contributed by atoms with van der Waals surface area (Å²) >= 11 is 1.28. The molecule has 0 unspecified atom stereocenters. The number of hydrogen-bond acceptors (Lipinski definition) is 6. The number of carbonyl (C=O) groups excluding carboxylic acids is 1. The van der Waals surface area contributed by atoms with Crippen molar-refractivity contribution in [1.82, 2.24) is 20.2 Å². The molecule has 8 heteroatoms. The fourth-order valence-electron chi connectivity index (χ4n) is 2.74. The highest BCUT2D eigenvalue weighted by atomic mass is 32.2. The molecule has 0 bridgehead atoms. The van der Waals surface area contributed by atoms with Crippen LogP contribution in [0.15, 0.2) is 41.6 Å². The van der Waals surface area contributed by atoms with Gasteiger partial charge in [-0.05, 0) is 72.2 Å². The van der Waals surface area contributed by atoms with Crippen LogP contribution in [0, 0.1) is 20.8 Å². The van der Waals surface area contributed by atoms with Crippen molar-refractivity contribution >= 4 is 23.4 Å². The van der Waals surface area contributed by atoms with Crippen LogP contribution in [-0.4, -0.2) is 39.0 Å². The van der Waals surface area contributed by atoms with E-state index in [1.54, 1.807) is 11.8 Å². The second-order valence-electron chi connectivity index (χ2n) is 6.26. The van der Waals surface area contributed by atoms with Crippen LogP contribution in [0.2, 0.25) is 0 Å². The lowest BCUT2D eigenvalue weighted by atomic mass is 10.1. The summed E-state index contributed by atoms with van der Waals surface area (Å²) in [4.78, 5) is 12.4. The van der Waals surface area contributed by atoms with Crippen LogP contribution in [0.25, 0.3) is 5.69 Å². The highest BCUT2D eigenvalue weighted by Crippen LogP contribution is 2.26. The lowest BCUT2D eigenvalue weighted by molar-refractivity contribution is -0.113. The molecule has 0 atom stereocenters. The molecule has 27 heavy (non-hydrogen) atoms. The number of benzene rings is 2. The number of methoxy groups -OCH3 is 1. The topological polar surface area (TPSA) is 81.9 Å². The van der Waals surface area contributed by atoms with Crippen LogP contribution in [0.1, 0.15) is 16.7 Å². The maximum absolute atomic E-state index is 12.4. The van der Waals surface area contributed by atoms with Crippen molar-refractivity contribution in [3.05, 3.63) is 53.1 Å². The van der Waals surface area contributed by atoms with E-state index in [4.69, 9.17) is 4.74 Å². The van der Waals surface area contributed by atoms with Gasteiger partial charge in [-0.1, -0.05) is 23.9 Å². The van der Waals surface area contributed by atoms with E-state index >= 15 is 0 Å². The normalized spacial score (nSPS) is 10.7. The molecule has 1 amide bonds. The van der Waals surface area contributed by atoms with Crippen LogP contribution < -0.4 is 10.1 Å². The van der Waals surface area contributed by atoms with Crippen molar-refractivity contribution in [3.63, 3.8) is 0 Å². The molecule has 2 aromatic carbocycles. The van der Waals surface area contributed by atoms with Gasteiger partial charge in [-0.25, -0.2) is 0 Å². The molecule has 0 fully saturated rings. The van der Waals surface area contributed by atoms with Crippen molar-refractivity contribution in [3.8, 4) is 11.4 Å². The molecule has 3 aromatic rings. The Kier molecular flexibility index (Phi) is 5.75. The Morgan fingerprint density at radius 1 is 1.11 bits per heavy atom. The van der Waals surface area contributed by atoms with Crippen LogP contribution in [0.4, 0.5) is 5.69 Å². The summed E-state index contributed by atoms with van der Waals surface area (Å²) in [7, 11) is 1.58. The zero-order valence-electron chi connectivity index (χ0n) is 15.7. The van der Waals surface area contributed by atoms with Crippen molar-refractivity contribution in [2.75, 3.05) is 18.2 Å². The second kappa shape index (κ2) is 8.22. The van der Waals surface area contributed by atoms with Crippen LogP contribution in [-0.2, 0) is 4.79 Å². The average molecular weight is 383 g/mol. The van der Waals surface area contributed by atoms with Crippen molar-refractivity contribution in [2.24, 2.45) is 0 Å². The summed E-state index contributed by atoms with van der Waals surface area (Å²) in [5, 5.41) is 15.3. The first-order valence-corrected chi connectivity index (χ1v) is 9.39. The van der Waals surface area contributed by atoms with Gasteiger partial charge in [-0.15, -0.1) is 5.10 Å². The number of hydrogen-bond donors (Lipinski definition) is 1.